The Morgan fingerprint density at radius 1 is 1.15 bits per heavy atom. The molecule has 1 fully saturated rings. The van der Waals surface area contributed by atoms with Gasteiger partial charge in [-0.15, -0.1) is 0 Å². The number of rotatable bonds is 8. The number of nitrogens with zero attached hydrogens (tertiary/aromatic N) is 2. The standard InChI is InChI=1S/C17H34N2O/c1-14(2)17(20)16-8-12-19(13-9-16)11-7-15(3)6-10-18(4)5/h14-16H,6-13H2,1-5H3. The van der Waals surface area contributed by atoms with Crippen molar-refractivity contribution in [3.8, 4) is 0 Å². The zero-order valence-electron chi connectivity index (χ0n) is 14.2. The van der Waals surface area contributed by atoms with Gasteiger partial charge in [-0.25, -0.2) is 0 Å². The summed E-state index contributed by atoms with van der Waals surface area (Å²) in [4.78, 5) is 16.8. The van der Waals surface area contributed by atoms with Crippen molar-refractivity contribution >= 4 is 5.78 Å². The summed E-state index contributed by atoms with van der Waals surface area (Å²) in [5.74, 6) is 1.81. The van der Waals surface area contributed by atoms with E-state index in [1.165, 1.54) is 25.9 Å². The molecule has 118 valence electrons. The van der Waals surface area contributed by atoms with Gasteiger partial charge in [0, 0.05) is 11.8 Å². The highest BCUT2D eigenvalue weighted by Crippen LogP contribution is 2.22. The molecule has 3 nitrogen and oxygen atoms in total. The van der Waals surface area contributed by atoms with E-state index in [1.807, 2.05) is 13.8 Å². The molecule has 0 bridgehead atoms. The molecule has 1 rings (SSSR count). The Labute approximate surface area is 125 Å². The predicted octanol–water partition coefficient (Wildman–Crippen LogP) is 2.90. The Hall–Kier alpha value is -0.410. The molecule has 0 radical (unpaired) electrons. The molecule has 0 aliphatic carbocycles. The van der Waals surface area contributed by atoms with E-state index < -0.39 is 0 Å². The Morgan fingerprint density at radius 2 is 1.75 bits per heavy atom. The normalized spacial score (nSPS) is 19.8. The van der Waals surface area contributed by atoms with Crippen molar-refractivity contribution in [3.63, 3.8) is 0 Å². The molecular formula is C17H34N2O. The van der Waals surface area contributed by atoms with Crippen LogP contribution in [0.25, 0.3) is 0 Å². The minimum atomic E-state index is 0.206. The molecule has 0 aromatic carbocycles. The smallest absolute Gasteiger partial charge is 0.138 e. The van der Waals surface area contributed by atoms with E-state index in [-0.39, 0.29) is 5.92 Å². The van der Waals surface area contributed by atoms with Crippen molar-refractivity contribution < 1.29 is 4.79 Å². The number of hydrogen-bond acceptors (Lipinski definition) is 3. The summed E-state index contributed by atoms with van der Waals surface area (Å²) < 4.78 is 0. The third-order valence-corrected chi connectivity index (χ3v) is 4.57. The van der Waals surface area contributed by atoms with Crippen LogP contribution in [0.3, 0.4) is 0 Å². The predicted molar refractivity (Wildman–Crippen MR) is 86.0 cm³/mol. The summed E-state index contributed by atoms with van der Waals surface area (Å²) >= 11 is 0. The Bertz CT molecular complexity index is 281. The van der Waals surface area contributed by atoms with Crippen molar-refractivity contribution in [1.29, 1.82) is 0 Å². The highest BCUT2D eigenvalue weighted by atomic mass is 16.1. The van der Waals surface area contributed by atoms with E-state index in [4.69, 9.17) is 0 Å². The van der Waals surface area contributed by atoms with Gasteiger partial charge in [-0.1, -0.05) is 20.8 Å². The van der Waals surface area contributed by atoms with Gasteiger partial charge in [0.2, 0.25) is 0 Å². The van der Waals surface area contributed by atoms with Crippen LogP contribution in [0.2, 0.25) is 0 Å². The second-order valence-electron chi connectivity index (χ2n) is 7.16. The molecular weight excluding hydrogens is 248 g/mol. The largest absolute Gasteiger partial charge is 0.309 e. The van der Waals surface area contributed by atoms with Crippen LogP contribution < -0.4 is 0 Å². The van der Waals surface area contributed by atoms with E-state index in [0.717, 1.165) is 31.8 Å². The number of likely N-dealkylation sites (tertiary alicyclic amines) is 1. The zero-order chi connectivity index (χ0) is 15.1. The summed E-state index contributed by atoms with van der Waals surface area (Å²) in [7, 11) is 4.28. The number of carbonyl (C=O) groups excluding carboxylic acids is 1. The first-order valence-corrected chi connectivity index (χ1v) is 8.31. The van der Waals surface area contributed by atoms with Crippen molar-refractivity contribution in [2.45, 2.75) is 46.5 Å². The van der Waals surface area contributed by atoms with Gasteiger partial charge in [0.1, 0.15) is 5.78 Å². The zero-order valence-corrected chi connectivity index (χ0v) is 14.2. The van der Waals surface area contributed by atoms with E-state index in [9.17, 15) is 4.79 Å². The van der Waals surface area contributed by atoms with Crippen LogP contribution in [-0.4, -0.2) is 55.9 Å². The maximum Gasteiger partial charge on any atom is 0.138 e. The lowest BCUT2D eigenvalue weighted by atomic mass is 9.87. The average molecular weight is 282 g/mol. The summed E-state index contributed by atoms with van der Waals surface area (Å²) in [5, 5.41) is 0. The van der Waals surface area contributed by atoms with Crippen LogP contribution in [0.5, 0.6) is 0 Å². The maximum absolute atomic E-state index is 12.0. The van der Waals surface area contributed by atoms with Gasteiger partial charge >= 0.3 is 0 Å². The molecule has 1 aliphatic heterocycles. The van der Waals surface area contributed by atoms with Crippen LogP contribution in [0.1, 0.15) is 46.5 Å². The van der Waals surface area contributed by atoms with Crippen molar-refractivity contribution in [1.82, 2.24) is 9.80 Å². The second-order valence-corrected chi connectivity index (χ2v) is 7.16. The molecule has 1 heterocycles. The molecule has 0 N–H and O–H groups in total. The number of hydrogen-bond donors (Lipinski definition) is 0. The van der Waals surface area contributed by atoms with Gasteiger partial charge in [-0.3, -0.25) is 4.79 Å². The van der Waals surface area contributed by atoms with Gasteiger partial charge in [0.15, 0.2) is 0 Å². The fourth-order valence-corrected chi connectivity index (χ4v) is 2.94. The summed E-state index contributed by atoms with van der Waals surface area (Å²) in [6.45, 7) is 11.0. The molecule has 0 aromatic heterocycles. The molecule has 1 aliphatic rings. The molecule has 0 amide bonds. The summed E-state index contributed by atoms with van der Waals surface area (Å²) in [5.41, 5.74) is 0. The third-order valence-electron chi connectivity index (χ3n) is 4.57. The fourth-order valence-electron chi connectivity index (χ4n) is 2.94. The van der Waals surface area contributed by atoms with Crippen LogP contribution >= 0.6 is 0 Å². The van der Waals surface area contributed by atoms with Gasteiger partial charge in [0.05, 0.1) is 0 Å². The Morgan fingerprint density at radius 3 is 2.25 bits per heavy atom. The maximum atomic E-state index is 12.0. The molecule has 3 heteroatoms. The summed E-state index contributed by atoms with van der Waals surface area (Å²) in [6.07, 6.45) is 4.72. The van der Waals surface area contributed by atoms with Crippen LogP contribution in [0.4, 0.5) is 0 Å². The first-order chi connectivity index (χ1) is 9.40. The lowest BCUT2D eigenvalue weighted by Crippen LogP contribution is -2.38. The van der Waals surface area contributed by atoms with Crippen molar-refractivity contribution in [3.05, 3.63) is 0 Å². The minimum Gasteiger partial charge on any atom is -0.309 e. The number of ketones is 1. The Balaban J connectivity index is 2.18. The fraction of sp³-hybridized carbons (Fsp3) is 0.941. The molecule has 0 aromatic rings. The lowest BCUT2D eigenvalue weighted by molar-refractivity contribution is -0.127. The van der Waals surface area contributed by atoms with E-state index in [2.05, 4.69) is 30.8 Å². The SMILES string of the molecule is CC(CCN(C)C)CCN1CCC(C(=O)C(C)C)CC1. The van der Waals surface area contributed by atoms with E-state index in [1.54, 1.807) is 0 Å². The topological polar surface area (TPSA) is 23.6 Å². The van der Waals surface area contributed by atoms with Gasteiger partial charge in [0.25, 0.3) is 0 Å². The van der Waals surface area contributed by atoms with Crippen molar-refractivity contribution in [2.24, 2.45) is 17.8 Å². The minimum absolute atomic E-state index is 0.206. The average Bonchev–Trinajstić information content (AvgIpc) is 2.42. The number of Topliss-reactive ketones (excluding diaryl/α,β-unsaturated/α-hetero) is 1. The highest BCUT2D eigenvalue weighted by molar-refractivity contribution is 5.82. The summed E-state index contributed by atoms with van der Waals surface area (Å²) in [6, 6.07) is 0. The monoisotopic (exact) mass is 282 g/mol. The molecule has 20 heavy (non-hydrogen) atoms. The molecule has 1 saturated heterocycles. The molecule has 0 saturated carbocycles. The Kier molecular flexibility index (Phi) is 7.75. The van der Waals surface area contributed by atoms with Gasteiger partial charge in [-0.05, 0) is 71.9 Å². The number of piperidine rings is 1. The van der Waals surface area contributed by atoms with Crippen LogP contribution in [0.15, 0.2) is 0 Å². The van der Waals surface area contributed by atoms with E-state index in [0.29, 0.717) is 11.7 Å². The van der Waals surface area contributed by atoms with Gasteiger partial charge < -0.3 is 9.80 Å². The first-order valence-electron chi connectivity index (χ1n) is 8.31. The first kappa shape index (κ1) is 17.6. The van der Waals surface area contributed by atoms with E-state index >= 15 is 0 Å². The third kappa shape index (κ3) is 6.36. The molecule has 0 spiro atoms. The molecule has 1 atom stereocenters. The molecule has 1 unspecified atom stereocenters. The highest BCUT2D eigenvalue weighted by Gasteiger charge is 2.26. The van der Waals surface area contributed by atoms with Crippen LogP contribution in [0, 0.1) is 17.8 Å². The quantitative estimate of drug-likeness (QED) is 0.684. The lowest BCUT2D eigenvalue weighted by Gasteiger charge is -2.32. The second kappa shape index (κ2) is 8.78. The van der Waals surface area contributed by atoms with Crippen LogP contribution in [-0.2, 0) is 4.79 Å². The number of carbonyl (C=O) groups is 1. The van der Waals surface area contributed by atoms with Gasteiger partial charge in [-0.2, -0.15) is 0 Å². The van der Waals surface area contributed by atoms with Crippen molar-refractivity contribution in [2.75, 3.05) is 40.3 Å².